The van der Waals surface area contributed by atoms with Crippen LogP contribution in [0.4, 0.5) is 5.69 Å². The SMILES string of the molecule is CCCCNC(=O)C(CC)N(Cc1ccc(Cl)cc1Cl)C(=O)CN(c1ccc(Cl)c(Cl)c1)S(C)(=O)=O. The number of amides is 2. The molecule has 2 amide bonds. The summed E-state index contributed by atoms with van der Waals surface area (Å²) < 4.78 is 26.2. The molecule has 198 valence electrons. The molecule has 12 heteroatoms. The molecule has 0 bridgehead atoms. The van der Waals surface area contributed by atoms with Crippen LogP contribution in [0.5, 0.6) is 0 Å². The van der Waals surface area contributed by atoms with Crippen LogP contribution in [-0.4, -0.2) is 50.5 Å². The Morgan fingerprint density at radius 1 is 0.972 bits per heavy atom. The summed E-state index contributed by atoms with van der Waals surface area (Å²) in [6.07, 6.45) is 2.98. The van der Waals surface area contributed by atoms with Crippen molar-refractivity contribution >= 4 is 73.9 Å². The minimum Gasteiger partial charge on any atom is -0.354 e. The van der Waals surface area contributed by atoms with E-state index < -0.39 is 28.5 Å². The average Bonchev–Trinajstić information content (AvgIpc) is 2.80. The van der Waals surface area contributed by atoms with Crippen molar-refractivity contribution in [3.63, 3.8) is 0 Å². The molecule has 0 radical (unpaired) electrons. The maximum Gasteiger partial charge on any atom is 0.244 e. The van der Waals surface area contributed by atoms with Crippen LogP contribution in [0.25, 0.3) is 0 Å². The van der Waals surface area contributed by atoms with E-state index in [4.69, 9.17) is 46.4 Å². The van der Waals surface area contributed by atoms with Gasteiger partial charge in [0.25, 0.3) is 0 Å². The van der Waals surface area contributed by atoms with Crippen LogP contribution >= 0.6 is 46.4 Å². The fraction of sp³-hybridized carbons (Fsp3) is 0.417. The monoisotopic (exact) mass is 595 g/mol. The number of carbonyl (C=O) groups is 2. The van der Waals surface area contributed by atoms with E-state index in [1.165, 1.54) is 23.1 Å². The van der Waals surface area contributed by atoms with Crippen LogP contribution in [-0.2, 0) is 26.2 Å². The van der Waals surface area contributed by atoms with E-state index in [0.29, 0.717) is 28.6 Å². The largest absolute Gasteiger partial charge is 0.354 e. The number of halogens is 4. The molecular formula is C24H29Cl4N3O4S. The Morgan fingerprint density at radius 2 is 1.67 bits per heavy atom. The first kappa shape index (κ1) is 30.5. The number of hydrogen-bond donors (Lipinski definition) is 1. The van der Waals surface area contributed by atoms with Crippen molar-refractivity contribution in [2.24, 2.45) is 0 Å². The van der Waals surface area contributed by atoms with E-state index in [0.717, 1.165) is 23.4 Å². The van der Waals surface area contributed by atoms with Gasteiger partial charge >= 0.3 is 0 Å². The summed E-state index contributed by atoms with van der Waals surface area (Å²) in [5.74, 6) is -0.917. The van der Waals surface area contributed by atoms with Gasteiger partial charge in [-0.2, -0.15) is 0 Å². The molecule has 0 aromatic heterocycles. The Hall–Kier alpha value is -1.71. The molecule has 0 saturated carbocycles. The van der Waals surface area contributed by atoms with Crippen molar-refractivity contribution in [2.45, 2.75) is 45.7 Å². The van der Waals surface area contributed by atoms with Gasteiger partial charge in [0.05, 0.1) is 22.0 Å². The van der Waals surface area contributed by atoms with Crippen LogP contribution in [0.15, 0.2) is 36.4 Å². The Bertz CT molecular complexity index is 1190. The smallest absolute Gasteiger partial charge is 0.244 e. The van der Waals surface area contributed by atoms with Gasteiger partial charge < -0.3 is 10.2 Å². The van der Waals surface area contributed by atoms with E-state index in [1.807, 2.05) is 6.92 Å². The number of carbonyl (C=O) groups excluding carboxylic acids is 2. The first-order valence-corrected chi connectivity index (χ1v) is 14.7. The van der Waals surface area contributed by atoms with Crippen LogP contribution in [0.1, 0.15) is 38.7 Å². The zero-order chi connectivity index (χ0) is 27.0. The summed E-state index contributed by atoms with van der Waals surface area (Å²) in [5.41, 5.74) is 0.736. The lowest BCUT2D eigenvalue weighted by Crippen LogP contribution is -2.52. The number of unbranched alkanes of at least 4 members (excludes halogenated alkanes) is 1. The van der Waals surface area contributed by atoms with Gasteiger partial charge in [0.15, 0.2) is 0 Å². The highest BCUT2D eigenvalue weighted by molar-refractivity contribution is 7.92. The third kappa shape index (κ3) is 8.42. The third-order valence-electron chi connectivity index (χ3n) is 5.44. The quantitative estimate of drug-likeness (QED) is 0.314. The van der Waals surface area contributed by atoms with Gasteiger partial charge in [-0.25, -0.2) is 8.42 Å². The van der Waals surface area contributed by atoms with E-state index in [2.05, 4.69) is 5.32 Å². The highest BCUT2D eigenvalue weighted by Crippen LogP contribution is 2.29. The number of nitrogens with zero attached hydrogens (tertiary/aromatic N) is 2. The van der Waals surface area contributed by atoms with Gasteiger partial charge in [0, 0.05) is 23.1 Å². The summed E-state index contributed by atoms with van der Waals surface area (Å²) in [6.45, 7) is 3.67. The lowest BCUT2D eigenvalue weighted by atomic mass is 10.1. The van der Waals surface area contributed by atoms with Crippen LogP contribution in [0, 0.1) is 0 Å². The molecule has 0 fully saturated rings. The van der Waals surface area contributed by atoms with Gasteiger partial charge in [-0.05, 0) is 48.7 Å². The molecule has 1 atom stereocenters. The number of sulfonamides is 1. The molecule has 0 spiro atoms. The van der Waals surface area contributed by atoms with Gasteiger partial charge in [-0.15, -0.1) is 0 Å². The van der Waals surface area contributed by atoms with Crippen molar-refractivity contribution in [1.82, 2.24) is 10.2 Å². The Labute approximate surface area is 232 Å². The van der Waals surface area contributed by atoms with Crippen LogP contribution in [0.3, 0.4) is 0 Å². The molecular weight excluding hydrogens is 568 g/mol. The second kappa shape index (κ2) is 13.7. The van der Waals surface area contributed by atoms with Gasteiger partial charge in [0.1, 0.15) is 12.6 Å². The molecule has 2 aromatic rings. The number of nitrogens with one attached hydrogen (secondary N) is 1. The maximum absolute atomic E-state index is 13.7. The van der Waals surface area contributed by atoms with E-state index >= 15 is 0 Å². The minimum absolute atomic E-state index is 0.0203. The Morgan fingerprint density at radius 3 is 2.22 bits per heavy atom. The lowest BCUT2D eigenvalue weighted by molar-refractivity contribution is -0.140. The average molecular weight is 597 g/mol. The van der Waals surface area contributed by atoms with Crippen molar-refractivity contribution in [3.05, 3.63) is 62.1 Å². The first-order chi connectivity index (χ1) is 16.9. The van der Waals surface area contributed by atoms with Crippen LogP contribution < -0.4 is 9.62 Å². The van der Waals surface area contributed by atoms with Crippen molar-refractivity contribution in [3.8, 4) is 0 Å². The number of anilines is 1. The van der Waals surface area contributed by atoms with Crippen molar-refractivity contribution in [1.29, 1.82) is 0 Å². The van der Waals surface area contributed by atoms with Gasteiger partial charge in [0.2, 0.25) is 21.8 Å². The van der Waals surface area contributed by atoms with Gasteiger partial charge in [-0.3, -0.25) is 13.9 Å². The zero-order valence-electron chi connectivity index (χ0n) is 20.2. The fourth-order valence-corrected chi connectivity index (χ4v) is 5.12. The second-order valence-corrected chi connectivity index (χ2v) is 11.8. The number of benzene rings is 2. The minimum atomic E-state index is -3.89. The second-order valence-electron chi connectivity index (χ2n) is 8.19. The van der Waals surface area contributed by atoms with Gasteiger partial charge in [-0.1, -0.05) is 72.7 Å². The molecule has 0 saturated heterocycles. The topological polar surface area (TPSA) is 86.8 Å². The number of rotatable bonds is 12. The molecule has 0 aliphatic heterocycles. The molecule has 36 heavy (non-hydrogen) atoms. The summed E-state index contributed by atoms with van der Waals surface area (Å²) in [4.78, 5) is 28.0. The summed E-state index contributed by atoms with van der Waals surface area (Å²) in [6, 6.07) is 8.26. The predicted octanol–water partition coefficient (Wildman–Crippen LogP) is 5.79. The Balaban J connectivity index is 2.46. The predicted molar refractivity (Wildman–Crippen MR) is 148 cm³/mol. The fourth-order valence-electron chi connectivity index (χ4n) is 3.51. The molecule has 2 aromatic carbocycles. The molecule has 0 aliphatic rings. The molecule has 1 N–H and O–H groups in total. The van der Waals surface area contributed by atoms with E-state index in [-0.39, 0.29) is 28.2 Å². The first-order valence-electron chi connectivity index (χ1n) is 11.3. The van der Waals surface area contributed by atoms with E-state index in [1.54, 1.807) is 25.1 Å². The molecule has 2 rings (SSSR count). The van der Waals surface area contributed by atoms with Crippen LogP contribution in [0.2, 0.25) is 20.1 Å². The standard InChI is InChI=1S/C24H29Cl4N3O4S/c1-4-6-11-29-24(33)22(5-2)30(14-16-7-8-17(25)12-20(16)27)23(32)15-31(36(3,34)35)18-9-10-19(26)21(28)13-18/h7-10,12-13,22H,4-6,11,14-15H2,1-3H3,(H,29,33). The Kier molecular flexibility index (Phi) is 11.6. The maximum atomic E-state index is 13.7. The summed E-state index contributed by atoms with van der Waals surface area (Å²) in [5, 5.41) is 3.99. The van der Waals surface area contributed by atoms with Crippen molar-refractivity contribution < 1.29 is 18.0 Å². The summed E-state index contributed by atoms with van der Waals surface area (Å²) >= 11 is 24.4. The molecule has 1 unspecified atom stereocenters. The molecule has 0 heterocycles. The highest BCUT2D eigenvalue weighted by atomic mass is 35.5. The molecule has 0 aliphatic carbocycles. The highest BCUT2D eigenvalue weighted by Gasteiger charge is 2.32. The van der Waals surface area contributed by atoms with E-state index in [9.17, 15) is 18.0 Å². The third-order valence-corrected chi connectivity index (χ3v) is 7.91. The number of hydrogen-bond acceptors (Lipinski definition) is 4. The zero-order valence-corrected chi connectivity index (χ0v) is 24.1. The lowest BCUT2D eigenvalue weighted by Gasteiger charge is -2.33. The molecule has 7 nitrogen and oxygen atoms in total. The normalized spacial score (nSPS) is 12.2. The van der Waals surface area contributed by atoms with Crippen molar-refractivity contribution in [2.75, 3.05) is 23.7 Å². The summed E-state index contributed by atoms with van der Waals surface area (Å²) in [7, 11) is -3.89.